The number of hydrogen-bond donors (Lipinski definition) is 0. The van der Waals surface area contributed by atoms with E-state index >= 15 is 0 Å². The Bertz CT molecular complexity index is 2100. The molecule has 332 valence electrons. The van der Waals surface area contributed by atoms with Gasteiger partial charge in [-0.05, 0) is 92.6 Å². The second-order valence-corrected chi connectivity index (χ2v) is 22.1. The van der Waals surface area contributed by atoms with E-state index in [1.165, 1.54) is 117 Å². The minimum absolute atomic E-state index is 0. The van der Waals surface area contributed by atoms with E-state index < -0.39 is 0 Å². The maximum absolute atomic E-state index is 3.38. The van der Waals surface area contributed by atoms with Crippen LogP contribution in [-0.2, 0) is 47.5 Å². The van der Waals surface area contributed by atoms with Gasteiger partial charge in [-0.3, -0.25) is 0 Å². The summed E-state index contributed by atoms with van der Waals surface area (Å²) in [4.78, 5) is 0. The molecule has 3 heteroatoms. The maximum Gasteiger partial charge on any atom is 4.00 e. The number of hydrogen-bond acceptors (Lipinski definition) is 0. The molecule has 2 aliphatic carbocycles. The second-order valence-electron chi connectivity index (χ2n) is 22.1. The zero-order valence-electron chi connectivity index (χ0n) is 40.5. The van der Waals surface area contributed by atoms with Crippen LogP contribution in [0.15, 0.2) is 97.1 Å². The zero-order chi connectivity index (χ0) is 42.9. The van der Waals surface area contributed by atoms with Gasteiger partial charge in [0.2, 0.25) is 0 Å². The Morgan fingerprint density at radius 1 is 0.452 bits per heavy atom. The van der Waals surface area contributed by atoms with Gasteiger partial charge in [0, 0.05) is 0 Å². The molecule has 62 heavy (non-hydrogen) atoms. The quantitative estimate of drug-likeness (QED) is 0.122. The summed E-state index contributed by atoms with van der Waals surface area (Å²) in [5, 5.41) is 5.65. The standard InChI is InChI=1S/2C28H35.C3H6.2ClH.Hf/c2*1-27(2,3)23-15-22(16-24(18-23)28(4,5)6)25-13-9-12-20-14-21(17-26(20)25)19-10-7-8-11-19;1-3-2;;;/h2*9,12-19H,7-8,10-11H2,1-6H3;1-3H2;2*1H;/q2*-1;-2;;;+4. The fourth-order valence-electron chi connectivity index (χ4n) is 9.31. The van der Waals surface area contributed by atoms with E-state index in [-0.39, 0.29) is 72.3 Å². The largest absolute Gasteiger partial charge is 4.00 e. The molecule has 0 nitrogen and oxygen atoms in total. The first-order chi connectivity index (χ1) is 27.7. The van der Waals surface area contributed by atoms with E-state index in [1.807, 2.05) is 0 Å². The van der Waals surface area contributed by atoms with E-state index in [4.69, 9.17) is 0 Å². The molecule has 0 atom stereocenters. The molecule has 6 aromatic carbocycles. The van der Waals surface area contributed by atoms with Gasteiger partial charge >= 0.3 is 25.8 Å². The van der Waals surface area contributed by atoms with Crippen LogP contribution in [0.1, 0.15) is 186 Å². The Labute approximate surface area is 410 Å². The predicted octanol–water partition coefficient (Wildman–Crippen LogP) is 18.8. The van der Waals surface area contributed by atoms with Crippen LogP contribution in [-0.4, -0.2) is 0 Å². The van der Waals surface area contributed by atoms with Gasteiger partial charge in [-0.25, -0.2) is 0 Å². The van der Waals surface area contributed by atoms with Gasteiger partial charge in [0.15, 0.2) is 0 Å². The summed E-state index contributed by atoms with van der Waals surface area (Å²) in [6, 6.07) is 38.1. The van der Waals surface area contributed by atoms with Gasteiger partial charge in [0.1, 0.15) is 0 Å². The Morgan fingerprint density at radius 2 is 0.726 bits per heavy atom. The first kappa shape index (κ1) is 53.9. The average Bonchev–Trinajstić information content (AvgIpc) is 4.00. The first-order valence-electron chi connectivity index (χ1n) is 23.0. The zero-order valence-corrected chi connectivity index (χ0v) is 45.7. The van der Waals surface area contributed by atoms with E-state index in [1.54, 1.807) is 11.1 Å². The summed E-state index contributed by atoms with van der Waals surface area (Å²) in [6.07, 6.45) is 11.8. The number of rotatable bonds is 4. The van der Waals surface area contributed by atoms with Gasteiger partial charge in [-0.1, -0.05) is 168 Å². The molecule has 0 unspecified atom stereocenters. The van der Waals surface area contributed by atoms with Crippen molar-refractivity contribution in [3.63, 3.8) is 0 Å². The summed E-state index contributed by atoms with van der Waals surface area (Å²) in [6.45, 7) is 34.6. The fourth-order valence-corrected chi connectivity index (χ4v) is 9.31. The van der Waals surface area contributed by atoms with E-state index in [2.05, 4.69) is 194 Å². The Morgan fingerprint density at radius 3 is 0.984 bits per heavy atom. The number of halogens is 2. The molecule has 0 aliphatic heterocycles. The Kier molecular flexibility index (Phi) is 18.9. The monoisotopic (exact) mass is 1040 g/mol. The summed E-state index contributed by atoms with van der Waals surface area (Å²) < 4.78 is 0. The number of benzene rings is 4. The maximum atomic E-state index is 3.38. The molecular formula is C59H78Cl2Hf. The van der Waals surface area contributed by atoms with Crippen molar-refractivity contribution in [3.05, 3.63) is 144 Å². The smallest absolute Gasteiger partial charge is 0.372 e. The van der Waals surface area contributed by atoms with Gasteiger partial charge in [0.05, 0.1) is 0 Å². The topological polar surface area (TPSA) is 0 Å². The van der Waals surface area contributed by atoms with Gasteiger partial charge in [-0.2, -0.15) is 12.1 Å². The minimum Gasteiger partial charge on any atom is -0.372 e. The van der Waals surface area contributed by atoms with Gasteiger partial charge < -0.3 is 20.3 Å². The third kappa shape index (κ3) is 12.9. The molecule has 0 bridgehead atoms. The summed E-state index contributed by atoms with van der Waals surface area (Å²) in [7, 11) is 0. The molecule has 2 fully saturated rings. The van der Waals surface area contributed by atoms with E-state index in [9.17, 15) is 0 Å². The van der Waals surface area contributed by atoms with Crippen molar-refractivity contribution in [2.24, 2.45) is 0 Å². The van der Waals surface area contributed by atoms with Crippen molar-refractivity contribution < 1.29 is 25.8 Å². The van der Waals surface area contributed by atoms with Crippen LogP contribution in [0, 0.1) is 13.8 Å². The molecule has 2 aliphatic rings. The summed E-state index contributed by atoms with van der Waals surface area (Å²) in [5.41, 5.74) is 14.9. The molecule has 8 rings (SSSR count). The van der Waals surface area contributed by atoms with Crippen LogP contribution in [0.3, 0.4) is 0 Å². The van der Waals surface area contributed by atoms with Crippen molar-refractivity contribution in [2.75, 3.05) is 0 Å². The van der Waals surface area contributed by atoms with Crippen LogP contribution < -0.4 is 0 Å². The normalized spacial score (nSPS) is 14.9. The summed E-state index contributed by atoms with van der Waals surface area (Å²) in [5.74, 6) is 1.54. The van der Waals surface area contributed by atoms with E-state index in [0.717, 1.165) is 18.3 Å². The fraction of sp³-hybridized carbons (Fsp3) is 0.458. The molecule has 0 spiro atoms. The third-order valence-corrected chi connectivity index (χ3v) is 13.2. The van der Waals surface area contributed by atoms with Gasteiger partial charge in [0.25, 0.3) is 0 Å². The van der Waals surface area contributed by atoms with Gasteiger partial charge in [-0.15, -0.1) is 93.9 Å². The molecule has 0 radical (unpaired) electrons. The van der Waals surface area contributed by atoms with E-state index in [0.29, 0.717) is 0 Å². The molecule has 0 N–H and O–H groups in total. The third-order valence-electron chi connectivity index (χ3n) is 13.2. The van der Waals surface area contributed by atoms with Crippen LogP contribution in [0.25, 0.3) is 43.8 Å². The van der Waals surface area contributed by atoms with Crippen molar-refractivity contribution in [1.82, 2.24) is 0 Å². The molecule has 0 heterocycles. The van der Waals surface area contributed by atoms with Crippen molar-refractivity contribution >= 4 is 46.4 Å². The van der Waals surface area contributed by atoms with Crippen molar-refractivity contribution in [2.45, 2.75) is 174 Å². The molecule has 0 saturated heterocycles. The summed E-state index contributed by atoms with van der Waals surface area (Å²) >= 11 is 0. The van der Waals surface area contributed by atoms with Crippen LogP contribution in [0.5, 0.6) is 0 Å². The number of fused-ring (bicyclic) bond motifs is 2. The SMILES string of the molecule is CC(C)(C)c1cc(-c2cccc3[cH-]c(C4CCCC4)cc23)cc(C(C)(C)C)c1.CC(C)(C)c1cc(-c2cccc3[cH-]c(C4CCCC4)cc23)cc(C(C)(C)C)c1.Cl.Cl.[CH2-]C[CH2-].[Hf+4]. The molecule has 0 amide bonds. The first-order valence-corrected chi connectivity index (χ1v) is 23.0. The molecular weight excluding hydrogens is 958 g/mol. The Hall–Kier alpha value is -2.45. The second kappa shape index (κ2) is 21.7. The molecule has 6 aromatic rings. The molecule has 2 saturated carbocycles. The average molecular weight is 1040 g/mol. The van der Waals surface area contributed by atoms with Crippen LogP contribution in [0.4, 0.5) is 0 Å². The van der Waals surface area contributed by atoms with Crippen LogP contribution >= 0.6 is 24.8 Å². The Balaban J connectivity index is 0.000000297. The van der Waals surface area contributed by atoms with Crippen molar-refractivity contribution in [3.8, 4) is 22.3 Å². The van der Waals surface area contributed by atoms with Crippen LogP contribution in [0.2, 0.25) is 0 Å². The minimum atomic E-state index is 0. The molecule has 0 aromatic heterocycles. The predicted molar refractivity (Wildman–Crippen MR) is 277 cm³/mol. The van der Waals surface area contributed by atoms with Crippen molar-refractivity contribution in [1.29, 1.82) is 0 Å².